The Kier molecular flexibility index (Phi) is 3.17. The van der Waals surface area contributed by atoms with Crippen LogP contribution in [-0.2, 0) is 11.3 Å². The molecule has 16 heavy (non-hydrogen) atoms. The topological polar surface area (TPSA) is 41.5 Å². The van der Waals surface area contributed by atoms with Crippen LogP contribution in [0.25, 0.3) is 0 Å². The van der Waals surface area contributed by atoms with Crippen molar-refractivity contribution in [2.75, 3.05) is 6.61 Å². The van der Waals surface area contributed by atoms with Crippen LogP contribution in [0.5, 0.6) is 5.75 Å². The fourth-order valence-electron chi connectivity index (χ4n) is 2.02. The third-order valence-corrected chi connectivity index (χ3v) is 3.56. The highest BCUT2D eigenvalue weighted by atomic mass is 16.5. The number of phenolic OH excluding ortho intramolecular Hbond substituents is 1. The van der Waals surface area contributed by atoms with E-state index in [9.17, 15) is 5.11 Å². The first-order valence-electron chi connectivity index (χ1n) is 5.75. The van der Waals surface area contributed by atoms with Gasteiger partial charge >= 0.3 is 0 Å². The molecule has 1 aromatic carbocycles. The summed E-state index contributed by atoms with van der Waals surface area (Å²) in [6.45, 7) is 5.75. The van der Waals surface area contributed by atoms with E-state index < -0.39 is 0 Å². The van der Waals surface area contributed by atoms with E-state index in [2.05, 4.69) is 19.2 Å². The maximum Gasteiger partial charge on any atom is 0.120 e. The lowest BCUT2D eigenvalue weighted by molar-refractivity contribution is 0.0880. The van der Waals surface area contributed by atoms with Crippen LogP contribution in [0.1, 0.15) is 25.8 Å². The molecule has 0 spiro atoms. The summed E-state index contributed by atoms with van der Waals surface area (Å²) in [5, 5.41) is 13.1. The number of rotatable bonds is 3. The molecule has 3 nitrogen and oxygen atoms in total. The summed E-state index contributed by atoms with van der Waals surface area (Å²) >= 11 is 0. The van der Waals surface area contributed by atoms with Crippen molar-refractivity contribution in [3.05, 3.63) is 29.8 Å². The zero-order chi connectivity index (χ0) is 11.6. The van der Waals surface area contributed by atoms with Crippen molar-refractivity contribution in [1.29, 1.82) is 0 Å². The van der Waals surface area contributed by atoms with Crippen molar-refractivity contribution in [3.63, 3.8) is 0 Å². The second kappa shape index (κ2) is 4.44. The minimum Gasteiger partial charge on any atom is -0.508 e. The van der Waals surface area contributed by atoms with E-state index in [0.717, 1.165) is 18.6 Å². The van der Waals surface area contributed by atoms with Crippen LogP contribution in [0.15, 0.2) is 24.3 Å². The summed E-state index contributed by atoms with van der Waals surface area (Å²) in [5.74, 6) is 0.352. The molecule has 0 saturated carbocycles. The summed E-state index contributed by atoms with van der Waals surface area (Å²) in [6.07, 6.45) is 1.24. The van der Waals surface area contributed by atoms with Gasteiger partial charge in [-0.25, -0.2) is 0 Å². The highest BCUT2D eigenvalue weighted by molar-refractivity contribution is 5.31. The molecular formula is C13H19NO2. The summed E-state index contributed by atoms with van der Waals surface area (Å²) in [4.78, 5) is 0. The Balaban J connectivity index is 2.00. The number of phenols is 1. The minimum atomic E-state index is 0.0162. The second-order valence-electron chi connectivity index (χ2n) is 4.66. The highest BCUT2D eigenvalue weighted by Gasteiger charge is 2.36. The van der Waals surface area contributed by atoms with Crippen LogP contribution < -0.4 is 5.32 Å². The molecule has 3 heteroatoms. The number of benzene rings is 1. The van der Waals surface area contributed by atoms with E-state index in [1.165, 1.54) is 0 Å². The second-order valence-corrected chi connectivity index (χ2v) is 4.66. The van der Waals surface area contributed by atoms with E-state index in [1.807, 2.05) is 18.2 Å². The molecule has 0 radical (unpaired) electrons. The molecule has 0 bridgehead atoms. The van der Waals surface area contributed by atoms with Gasteiger partial charge in [-0.2, -0.15) is 0 Å². The molecule has 1 aliphatic heterocycles. The lowest BCUT2D eigenvalue weighted by atomic mass is 9.94. The van der Waals surface area contributed by atoms with Gasteiger partial charge in [-0.3, -0.25) is 0 Å². The van der Waals surface area contributed by atoms with Crippen LogP contribution in [0.2, 0.25) is 0 Å². The zero-order valence-corrected chi connectivity index (χ0v) is 9.86. The third-order valence-electron chi connectivity index (χ3n) is 3.56. The molecule has 1 saturated heterocycles. The predicted octanol–water partition coefficient (Wildman–Crippen LogP) is 2.05. The van der Waals surface area contributed by atoms with Crippen molar-refractivity contribution in [2.45, 2.75) is 38.5 Å². The molecule has 0 aromatic heterocycles. The van der Waals surface area contributed by atoms with Gasteiger partial charge in [-0.1, -0.05) is 18.2 Å². The summed E-state index contributed by atoms with van der Waals surface area (Å²) in [7, 11) is 0. The Morgan fingerprint density at radius 3 is 2.88 bits per heavy atom. The Morgan fingerprint density at radius 1 is 1.50 bits per heavy atom. The van der Waals surface area contributed by atoms with Crippen LogP contribution in [0, 0.1) is 0 Å². The molecule has 2 unspecified atom stereocenters. The Labute approximate surface area is 96.4 Å². The fraction of sp³-hybridized carbons (Fsp3) is 0.538. The predicted molar refractivity (Wildman–Crippen MR) is 63.4 cm³/mol. The zero-order valence-electron chi connectivity index (χ0n) is 9.86. The largest absolute Gasteiger partial charge is 0.508 e. The molecule has 1 fully saturated rings. The van der Waals surface area contributed by atoms with Crippen LogP contribution in [-0.4, -0.2) is 23.4 Å². The molecule has 0 aliphatic carbocycles. The lowest BCUT2D eigenvalue weighted by Crippen LogP contribution is -2.47. The van der Waals surface area contributed by atoms with Gasteiger partial charge in [0.15, 0.2) is 0 Å². The average Bonchev–Trinajstić information content (AvgIpc) is 2.59. The van der Waals surface area contributed by atoms with E-state index in [-0.39, 0.29) is 11.6 Å². The van der Waals surface area contributed by atoms with Gasteiger partial charge in [0.05, 0.1) is 6.10 Å². The number of hydrogen-bond donors (Lipinski definition) is 2. The monoisotopic (exact) mass is 221 g/mol. The van der Waals surface area contributed by atoms with Gasteiger partial charge in [-0.15, -0.1) is 0 Å². The van der Waals surface area contributed by atoms with Gasteiger partial charge in [0, 0.05) is 24.3 Å². The standard InChI is InChI=1S/C13H19NO2/c1-10-13(2,7-8-16-10)14-9-11-5-3-4-6-12(11)15/h3-6,10,14-15H,7-9H2,1-2H3. The maximum atomic E-state index is 9.66. The summed E-state index contributed by atoms with van der Waals surface area (Å²) < 4.78 is 5.56. The van der Waals surface area contributed by atoms with Crippen molar-refractivity contribution < 1.29 is 9.84 Å². The van der Waals surface area contributed by atoms with E-state index in [4.69, 9.17) is 4.74 Å². The van der Waals surface area contributed by atoms with Crippen molar-refractivity contribution in [1.82, 2.24) is 5.32 Å². The number of para-hydroxylation sites is 1. The van der Waals surface area contributed by atoms with E-state index >= 15 is 0 Å². The molecule has 1 aromatic rings. The van der Waals surface area contributed by atoms with Gasteiger partial charge in [0.1, 0.15) is 5.75 Å². The Hall–Kier alpha value is -1.06. The highest BCUT2D eigenvalue weighted by Crippen LogP contribution is 2.26. The van der Waals surface area contributed by atoms with E-state index in [0.29, 0.717) is 12.3 Å². The molecule has 2 N–H and O–H groups in total. The first-order valence-corrected chi connectivity index (χ1v) is 5.75. The number of aromatic hydroxyl groups is 1. The van der Waals surface area contributed by atoms with Gasteiger partial charge in [-0.05, 0) is 26.3 Å². The molecule has 2 rings (SSSR count). The average molecular weight is 221 g/mol. The van der Waals surface area contributed by atoms with Crippen molar-refractivity contribution in [2.24, 2.45) is 0 Å². The minimum absolute atomic E-state index is 0.0162. The molecule has 2 atom stereocenters. The number of hydrogen-bond acceptors (Lipinski definition) is 3. The summed E-state index contributed by atoms with van der Waals surface area (Å²) in [6, 6.07) is 7.43. The first-order chi connectivity index (χ1) is 7.62. The molecule has 88 valence electrons. The van der Waals surface area contributed by atoms with Gasteiger partial charge in [0.25, 0.3) is 0 Å². The SMILES string of the molecule is CC1OCCC1(C)NCc1ccccc1O. The van der Waals surface area contributed by atoms with Gasteiger partial charge < -0.3 is 15.2 Å². The quantitative estimate of drug-likeness (QED) is 0.820. The summed E-state index contributed by atoms with van der Waals surface area (Å²) in [5.41, 5.74) is 0.949. The van der Waals surface area contributed by atoms with Crippen LogP contribution >= 0.6 is 0 Å². The molecule has 0 amide bonds. The van der Waals surface area contributed by atoms with E-state index in [1.54, 1.807) is 6.07 Å². The van der Waals surface area contributed by atoms with Gasteiger partial charge in [0.2, 0.25) is 0 Å². The van der Waals surface area contributed by atoms with Crippen molar-refractivity contribution >= 4 is 0 Å². The molecule has 1 aliphatic rings. The number of nitrogens with one attached hydrogen (secondary N) is 1. The lowest BCUT2D eigenvalue weighted by Gasteiger charge is -2.29. The smallest absolute Gasteiger partial charge is 0.120 e. The fourth-order valence-corrected chi connectivity index (χ4v) is 2.02. The third kappa shape index (κ3) is 2.20. The first kappa shape index (κ1) is 11.4. The van der Waals surface area contributed by atoms with Crippen LogP contribution in [0.4, 0.5) is 0 Å². The normalized spacial score (nSPS) is 29.5. The Bertz CT molecular complexity index is 367. The van der Waals surface area contributed by atoms with Crippen molar-refractivity contribution in [3.8, 4) is 5.75 Å². The Morgan fingerprint density at radius 2 is 2.25 bits per heavy atom. The van der Waals surface area contributed by atoms with Crippen LogP contribution in [0.3, 0.4) is 0 Å². The maximum absolute atomic E-state index is 9.66. The molecular weight excluding hydrogens is 202 g/mol. The number of ether oxygens (including phenoxy) is 1. The molecule has 1 heterocycles.